The van der Waals surface area contributed by atoms with Crippen molar-refractivity contribution in [1.29, 1.82) is 0 Å². The quantitative estimate of drug-likeness (QED) is 0.348. The molecule has 1 aromatic carbocycles. The molecule has 0 bridgehead atoms. The number of nitrogens with two attached hydrogens (primary N) is 1. The number of hydrogen-bond acceptors (Lipinski definition) is 11. The van der Waals surface area contributed by atoms with Crippen molar-refractivity contribution in [2.45, 2.75) is 37.3 Å². The predicted molar refractivity (Wildman–Crippen MR) is 131 cm³/mol. The van der Waals surface area contributed by atoms with Crippen molar-refractivity contribution < 1.29 is 42.1 Å². The van der Waals surface area contributed by atoms with Crippen LogP contribution in [0.3, 0.4) is 0 Å². The van der Waals surface area contributed by atoms with Gasteiger partial charge in [0.15, 0.2) is 11.5 Å². The van der Waals surface area contributed by atoms with Crippen LogP contribution in [0, 0.1) is 5.92 Å². The fourth-order valence-corrected chi connectivity index (χ4v) is 6.50. The minimum atomic E-state index is -4.06. The molecule has 3 heterocycles. The number of ether oxygens (including phenoxy) is 4. The monoisotopic (exact) mass is 541 g/mol. The molecule has 14 heteroatoms. The van der Waals surface area contributed by atoms with Crippen LogP contribution >= 0.6 is 19.5 Å². The van der Waals surface area contributed by atoms with Gasteiger partial charge in [-0.15, -0.1) is 11.8 Å². The molecule has 12 nitrogen and oxygen atoms in total. The molecule has 5 atom stereocenters. The summed E-state index contributed by atoms with van der Waals surface area (Å²) >= 11 is 1.48. The number of methoxy groups -OCH3 is 1. The van der Waals surface area contributed by atoms with Crippen molar-refractivity contribution in [3.8, 4) is 17.2 Å². The van der Waals surface area contributed by atoms with Crippen LogP contribution in [0.5, 0.6) is 17.2 Å². The zero-order chi connectivity index (χ0) is 25.7. The van der Waals surface area contributed by atoms with Crippen LogP contribution in [0.4, 0.5) is 0 Å². The van der Waals surface area contributed by atoms with Gasteiger partial charge in [0.1, 0.15) is 23.1 Å². The van der Waals surface area contributed by atoms with Gasteiger partial charge < -0.3 is 29.2 Å². The second-order valence-corrected chi connectivity index (χ2v) is 11.1. The predicted octanol–water partition coefficient (Wildman–Crippen LogP) is 2.38. The average Bonchev–Trinajstić information content (AvgIpc) is 3.49. The Morgan fingerprint density at radius 3 is 2.97 bits per heavy atom. The average molecular weight is 542 g/mol. The molecule has 36 heavy (non-hydrogen) atoms. The maximum atomic E-state index is 13.6. The summed E-state index contributed by atoms with van der Waals surface area (Å²) in [4.78, 5) is 27.8. The van der Waals surface area contributed by atoms with E-state index in [2.05, 4.69) is 10.1 Å². The number of rotatable bonds is 9. The zero-order valence-electron chi connectivity index (χ0n) is 19.8. The molecule has 4 rings (SSSR count). The molecule has 1 fully saturated rings. The first kappa shape index (κ1) is 26.5. The van der Waals surface area contributed by atoms with E-state index in [0.717, 1.165) is 0 Å². The van der Waals surface area contributed by atoms with Gasteiger partial charge in [-0.05, 0) is 37.5 Å². The van der Waals surface area contributed by atoms with E-state index in [1.807, 2.05) is 6.08 Å². The third kappa shape index (κ3) is 6.80. The summed E-state index contributed by atoms with van der Waals surface area (Å²) in [5.74, 6) is 0.986. The highest BCUT2D eigenvalue weighted by atomic mass is 32.2. The number of aliphatic imine (C=N–C) groups is 1. The molecule has 3 N–H and O–H groups in total. The molecule has 3 aliphatic rings. The molecule has 0 aliphatic carbocycles. The summed E-state index contributed by atoms with van der Waals surface area (Å²) in [7, 11) is -2.84. The molecule has 3 aliphatic heterocycles. The molecule has 0 aromatic heterocycles. The molecule has 1 aromatic rings. The SMILES string of the molecule is COC(=O)[C@H](C)N[P@](=O)(OC[C@H]1O[C@@H](C2C/C=C\C(N)=NC(=O)C2)CS1)Oc1ccc2c(c1)OCO2. The maximum Gasteiger partial charge on any atom is 0.459 e. The van der Waals surface area contributed by atoms with Gasteiger partial charge in [0, 0.05) is 18.2 Å². The van der Waals surface area contributed by atoms with Crippen LogP contribution < -0.4 is 24.8 Å². The first-order valence-electron chi connectivity index (χ1n) is 11.2. The van der Waals surface area contributed by atoms with Crippen LogP contribution in [0.2, 0.25) is 0 Å². The minimum absolute atomic E-state index is 0.0720. The van der Waals surface area contributed by atoms with Crippen LogP contribution in [-0.4, -0.2) is 61.6 Å². The lowest BCUT2D eigenvalue weighted by Crippen LogP contribution is -2.35. The number of allylic oxidation sites excluding steroid dienone is 1. The lowest BCUT2D eigenvalue weighted by molar-refractivity contribution is -0.142. The fourth-order valence-electron chi connectivity index (χ4n) is 3.78. The Bertz CT molecular complexity index is 1100. The molecule has 196 valence electrons. The maximum absolute atomic E-state index is 13.6. The molecule has 0 spiro atoms. The van der Waals surface area contributed by atoms with E-state index in [9.17, 15) is 14.2 Å². The van der Waals surface area contributed by atoms with Crippen molar-refractivity contribution >= 4 is 37.2 Å². The summed E-state index contributed by atoms with van der Waals surface area (Å²) in [6.45, 7) is 1.46. The van der Waals surface area contributed by atoms with Crippen LogP contribution in [0.25, 0.3) is 0 Å². The Labute approximate surface area is 212 Å². The first-order chi connectivity index (χ1) is 17.2. The van der Waals surface area contributed by atoms with Crippen molar-refractivity contribution in [1.82, 2.24) is 5.09 Å². The zero-order valence-corrected chi connectivity index (χ0v) is 21.5. The summed E-state index contributed by atoms with van der Waals surface area (Å²) in [5, 5.41) is 2.60. The van der Waals surface area contributed by atoms with Gasteiger partial charge in [0.05, 0.1) is 19.8 Å². The van der Waals surface area contributed by atoms with Gasteiger partial charge in [0.25, 0.3) is 0 Å². The Morgan fingerprint density at radius 2 is 2.17 bits per heavy atom. The Hall–Kier alpha value is -2.57. The molecule has 1 amide bonds. The lowest BCUT2D eigenvalue weighted by Gasteiger charge is -2.24. The largest absolute Gasteiger partial charge is 0.468 e. The number of fused-ring (bicyclic) bond motifs is 1. The van der Waals surface area contributed by atoms with Crippen molar-refractivity contribution in [2.75, 3.05) is 26.3 Å². The number of nitrogens with one attached hydrogen (secondary N) is 1. The number of thioether (sulfide) groups is 1. The molecular formula is C22H28N3O9PS. The van der Waals surface area contributed by atoms with Crippen LogP contribution in [0.15, 0.2) is 35.3 Å². The van der Waals surface area contributed by atoms with E-state index in [0.29, 0.717) is 23.7 Å². The number of nitrogens with zero attached hydrogens (tertiary/aromatic N) is 1. The number of amidine groups is 1. The number of benzene rings is 1. The number of carbonyl (C=O) groups is 2. The summed E-state index contributed by atoms with van der Waals surface area (Å²) in [6.07, 6.45) is 4.10. The third-order valence-corrected chi connectivity index (χ3v) is 8.36. The van der Waals surface area contributed by atoms with Gasteiger partial charge in [0.2, 0.25) is 12.7 Å². The van der Waals surface area contributed by atoms with E-state index in [1.165, 1.54) is 31.9 Å². The minimum Gasteiger partial charge on any atom is -0.468 e. The lowest BCUT2D eigenvalue weighted by atomic mass is 9.94. The Kier molecular flexibility index (Phi) is 8.58. The van der Waals surface area contributed by atoms with Crippen molar-refractivity contribution in [3.05, 3.63) is 30.4 Å². The number of carbonyl (C=O) groups excluding carboxylic acids is 2. The normalized spacial score (nSPS) is 26.8. The van der Waals surface area contributed by atoms with Gasteiger partial charge in [-0.3, -0.25) is 14.1 Å². The van der Waals surface area contributed by atoms with Gasteiger partial charge in [-0.2, -0.15) is 10.1 Å². The summed E-state index contributed by atoms with van der Waals surface area (Å²) in [6, 6.07) is 3.72. The van der Waals surface area contributed by atoms with Gasteiger partial charge in [-0.1, -0.05) is 6.08 Å². The molecular weight excluding hydrogens is 513 g/mol. The van der Waals surface area contributed by atoms with E-state index >= 15 is 0 Å². The van der Waals surface area contributed by atoms with E-state index < -0.39 is 25.2 Å². The van der Waals surface area contributed by atoms with E-state index in [1.54, 1.807) is 18.2 Å². The highest BCUT2D eigenvalue weighted by molar-refractivity contribution is 8.00. The number of amides is 1. The molecule has 1 unspecified atom stereocenters. The van der Waals surface area contributed by atoms with Crippen LogP contribution in [-0.2, 0) is 28.2 Å². The fraction of sp³-hybridized carbons (Fsp3) is 0.500. The van der Waals surface area contributed by atoms with E-state index in [-0.39, 0.29) is 49.3 Å². The van der Waals surface area contributed by atoms with Gasteiger partial charge >= 0.3 is 13.7 Å². The number of hydrogen-bond donors (Lipinski definition) is 2. The molecule has 0 radical (unpaired) electrons. The topological polar surface area (TPSA) is 157 Å². The van der Waals surface area contributed by atoms with Gasteiger partial charge in [-0.25, -0.2) is 4.57 Å². The summed E-state index contributed by atoms with van der Waals surface area (Å²) in [5.41, 5.74) is 5.18. The standard InChI is InChI=1S/C22H28N3O9PS/c1-13(22(27)29-2)25-35(28,34-15-6-7-16-17(9-15)31-12-30-16)32-10-21-33-18(11-36-21)14-4-3-5-19(23)24-20(26)8-14/h3,5-7,9,13-14,18,21H,4,8,10-12H2,1-2H3,(H,25,28)(H2,23,24,26)/b5-3-/t13-,14?,18+,21-,35-/m0/s1. The Morgan fingerprint density at radius 1 is 1.36 bits per heavy atom. The Balaban J connectivity index is 1.39. The second kappa shape index (κ2) is 11.7. The van der Waals surface area contributed by atoms with Crippen molar-refractivity contribution in [3.63, 3.8) is 0 Å². The van der Waals surface area contributed by atoms with Crippen molar-refractivity contribution in [2.24, 2.45) is 16.6 Å². The highest BCUT2D eigenvalue weighted by Crippen LogP contribution is 2.48. The third-order valence-electron chi connectivity index (χ3n) is 5.57. The second-order valence-electron chi connectivity index (χ2n) is 8.24. The van der Waals surface area contributed by atoms with E-state index in [4.69, 9.17) is 33.7 Å². The smallest absolute Gasteiger partial charge is 0.459 e. The molecule has 1 saturated heterocycles. The van der Waals surface area contributed by atoms with Crippen LogP contribution in [0.1, 0.15) is 19.8 Å². The molecule has 0 saturated carbocycles. The first-order valence-corrected chi connectivity index (χ1v) is 13.8. The number of esters is 1. The highest BCUT2D eigenvalue weighted by Gasteiger charge is 2.37. The summed E-state index contributed by atoms with van der Waals surface area (Å²) < 4.78 is 46.4.